The third-order valence-corrected chi connectivity index (χ3v) is 4.07. The third-order valence-electron chi connectivity index (χ3n) is 4.07. The molecule has 2 aromatic heterocycles. The summed E-state index contributed by atoms with van der Waals surface area (Å²) in [6.07, 6.45) is 0. The monoisotopic (exact) mass is 355 g/mol. The van der Waals surface area contributed by atoms with Crippen LogP contribution in [-0.4, -0.2) is 30.7 Å². The summed E-state index contributed by atoms with van der Waals surface area (Å²) in [5, 5.41) is 3.24. The summed E-state index contributed by atoms with van der Waals surface area (Å²) in [4.78, 5) is 16.9. The van der Waals surface area contributed by atoms with Crippen molar-refractivity contribution in [3.8, 4) is 17.2 Å². The maximum absolute atomic E-state index is 12.4. The molecular weight excluding hydrogens is 334 g/mol. The highest BCUT2D eigenvalue weighted by Crippen LogP contribution is 2.39. The average molecular weight is 355 g/mol. The minimum atomic E-state index is -0.102. The van der Waals surface area contributed by atoms with Gasteiger partial charge in [-0.1, -0.05) is 6.07 Å². The summed E-state index contributed by atoms with van der Waals surface area (Å²) < 4.78 is 17.6. The number of nitrogens with one attached hydrogen (secondary N) is 1. The van der Waals surface area contributed by atoms with Gasteiger partial charge in [-0.2, -0.15) is 0 Å². The molecule has 0 amide bonds. The lowest BCUT2D eigenvalue weighted by molar-refractivity contribution is 0.324. The molecule has 0 spiro atoms. The molecule has 3 rings (SSSR count). The second-order valence-corrected chi connectivity index (χ2v) is 5.71. The number of pyridine rings is 1. The summed E-state index contributed by atoms with van der Waals surface area (Å²) in [7, 11) is 4.69. The second-order valence-electron chi connectivity index (χ2n) is 5.71. The number of rotatable bonds is 6. The summed E-state index contributed by atoms with van der Waals surface area (Å²) in [6, 6.07) is 10.7. The molecule has 0 fully saturated rings. The van der Waals surface area contributed by atoms with Gasteiger partial charge in [-0.25, -0.2) is 4.98 Å². The summed E-state index contributed by atoms with van der Waals surface area (Å²) in [5.41, 5.74) is 2.79. The van der Waals surface area contributed by atoms with Crippen molar-refractivity contribution in [2.75, 3.05) is 26.6 Å². The molecule has 1 aromatic carbocycles. The molecular formula is C19H21N3O4. The van der Waals surface area contributed by atoms with Crippen LogP contribution in [0.15, 0.2) is 41.2 Å². The van der Waals surface area contributed by atoms with Gasteiger partial charge in [-0.05, 0) is 19.1 Å². The number of fused-ring (bicyclic) bond motifs is 1. The van der Waals surface area contributed by atoms with E-state index in [-0.39, 0.29) is 5.56 Å². The predicted molar refractivity (Wildman–Crippen MR) is 99.6 cm³/mol. The Morgan fingerprint density at radius 1 is 1.04 bits per heavy atom. The van der Waals surface area contributed by atoms with E-state index >= 15 is 0 Å². The Kier molecular flexibility index (Phi) is 4.97. The van der Waals surface area contributed by atoms with Gasteiger partial charge in [0.2, 0.25) is 5.75 Å². The number of benzene rings is 1. The Bertz CT molecular complexity index is 973. The van der Waals surface area contributed by atoms with Crippen molar-refractivity contribution < 1.29 is 14.2 Å². The van der Waals surface area contributed by atoms with Gasteiger partial charge >= 0.3 is 0 Å². The number of hydrogen-bond donors (Lipinski definition) is 1. The molecule has 0 saturated carbocycles. The molecule has 7 heteroatoms. The van der Waals surface area contributed by atoms with Gasteiger partial charge in [-0.3, -0.25) is 9.20 Å². The van der Waals surface area contributed by atoms with Crippen molar-refractivity contribution in [2.24, 2.45) is 0 Å². The minimum absolute atomic E-state index is 0.102. The fourth-order valence-electron chi connectivity index (χ4n) is 2.83. The van der Waals surface area contributed by atoms with E-state index in [1.165, 1.54) is 6.07 Å². The zero-order chi connectivity index (χ0) is 18.7. The van der Waals surface area contributed by atoms with Crippen molar-refractivity contribution in [3.63, 3.8) is 0 Å². The molecule has 7 nitrogen and oxygen atoms in total. The van der Waals surface area contributed by atoms with E-state index in [2.05, 4.69) is 10.3 Å². The Balaban J connectivity index is 1.90. The van der Waals surface area contributed by atoms with Crippen LogP contribution in [0.5, 0.6) is 17.2 Å². The molecule has 26 heavy (non-hydrogen) atoms. The Morgan fingerprint density at radius 3 is 2.35 bits per heavy atom. The first-order valence-corrected chi connectivity index (χ1v) is 8.09. The van der Waals surface area contributed by atoms with Crippen LogP contribution in [0.3, 0.4) is 0 Å². The molecule has 2 heterocycles. The van der Waals surface area contributed by atoms with E-state index in [0.717, 1.165) is 11.4 Å². The fraction of sp³-hybridized carbons (Fsp3) is 0.263. The molecule has 3 aromatic rings. The number of ether oxygens (including phenoxy) is 3. The van der Waals surface area contributed by atoms with Crippen LogP contribution in [-0.2, 0) is 6.54 Å². The first-order chi connectivity index (χ1) is 12.6. The van der Waals surface area contributed by atoms with Crippen molar-refractivity contribution >= 4 is 11.3 Å². The smallest absolute Gasteiger partial charge is 0.258 e. The quantitative estimate of drug-likeness (QED) is 0.733. The Hall–Kier alpha value is -3.22. The molecule has 0 aliphatic heterocycles. The second kappa shape index (κ2) is 7.35. The normalized spacial score (nSPS) is 10.6. The van der Waals surface area contributed by atoms with Crippen LogP contribution in [0.2, 0.25) is 0 Å². The standard InChI is InChI=1S/C19H21N3O4/c1-12-6-5-7-17-21-14(10-18(23)22(12)17)11-20-13-8-15(24-2)19(26-4)16(9-13)25-3/h5-10,20H,11H2,1-4H3. The number of anilines is 1. The summed E-state index contributed by atoms with van der Waals surface area (Å²) >= 11 is 0. The highest BCUT2D eigenvalue weighted by Gasteiger charge is 2.13. The third kappa shape index (κ3) is 3.28. The van der Waals surface area contributed by atoms with E-state index in [1.807, 2.05) is 25.1 Å². The van der Waals surface area contributed by atoms with Gasteiger partial charge in [0.05, 0.1) is 33.6 Å². The van der Waals surface area contributed by atoms with Crippen LogP contribution < -0.4 is 25.1 Å². The predicted octanol–water partition coefficient (Wildman–Crippen LogP) is 2.64. The lowest BCUT2D eigenvalue weighted by Gasteiger charge is -2.15. The molecule has 0 aliphatic carbocycles. The van der Waals surface area contributed by atoms with Crippen molar-refractivity contribution in [3.05, 3.63) is 58.1 Å². The van der Waals surface area contributed by atoms with Gasteiger partial charge < -0.3 is 19.5 Å². The summed E-state index contributed by atoms with van der Waals surface area (Å²) in [6.45, 7) is 2.27. The van der Waals surface area contributed by atoms with Crippen LogP contribution in [0, 0.1) is 6.92 Å². The largest absolute Gasteiger partial charge is 0.493 e. The number of nitrogens with zero attached hydrogens (tertiary/aromatic N) is 2. The molecule has 0 bridgehead atoms. The molecule has 0 radical (unpaired) electrons. The zero-order valence-corrected chi connectivity index (χ0v) is 15.2. The fourth-order valence-corrected chi connectivity index (χ4v) is 2.83. The van der Waals surface area contributed by atoms with Crippen molar-refractivity contribution in [1.29, 1.82) is 0 Å². The SMILES string of the molecule is COc1cc(NCc2cc(=O)n3c(C)cccc3n2)cc(OC)c1OC. The van der Waals surface area contributed by atoms with Gasteiger partial charge in [0.15, 0.2) is 11.5 Å². The molecule has 0 unspecified atom stereocenters. The zero-order valence-electron chi connectivity index (χ0n) is 15.2. The van der Waals surface area contributed by atoms with Gasteiger partial charge in [-0.15, -0.1) is 0 Å². The number of aromatic nitrogens is 2. The molecule has 136 valence electrons. The maximum atomic E-state index is 12.4. The number of hydrogen-bond acceptors (Lipinski definition) is 6. The molecule has 0 atom stereocenters. The molecule has 0 aliphatic rings. The van der Waals surface area contributed by atoms with Crippen LogP contribution in [0.1, 0.15) is 11.4 Å². The first kappa shape index (κ1) is 17.6. The van der Waals surface area contributed by atoms with Crippen LogP contribution in [0.25, 0.3) is 5.65 Å². The van der Waals surface area contributed by atoms with Gasteiger partial charge in [0.25, 0.3) is 5.56 Å². The van der Waals surface area contributed by atoms with Crippen molar-refractivity contribution in [1.82, 2.24) is 9.38 Å². The maximum Gasteiger partial charge on any atom is 0.258 e. The minimum Gasteiger partial charge on any atom is -0.493 e. The highest BCUT2D eigenvalue weighted by molar-refractivity contribution is 5.62. The van der Waals surface area contributed by atoms with Crippen LogP contribution in [0.4, 0.5) is 5.69 Å². The molecule has 0 saturated heterocycles. The van der Waals surface area contributed by atoms with E-state index in [1.54, 1.807) is 37.9 Å². The topological polar surface area (TPSA) is 74.1 Å². The summed E-state index contributed by atoms with van der Waals surface area (Å²) in [5.74, 6) is 1.63. The number of methoxy groups -OCH3 is 3. The number of aryl methyl sites for hydroxylation is 1. The van der Waals surface area contributed by atoms with E-state index in [4.69, 9.17) is 14.2 Å². The van der Waals surface area contributed by atoms with Crippen LogP contribution >= 0.6 is 0 Å². The molecule has 1 N–H and O–H groups in total. The van der Waals surface area contributed by atoms with Crippen molar-refractivity contribution in [2.45, 2.75) is 13.5 Å². The Morgan fingerprint density at radius 2 is 1.73 bits per heavy atom. The van der Waals surface area contributed by atoms with E-state index in [0.29, 0.717) is 35.1 Å². The van der Waals surface area contributed by atoms with Gasteiger partial charge in [0.1, 0.15) is 5.65 Å². The van der Waals surface area contributed by atoms with E-state index in [9.17, 15) is 4.79 Å². The van der Waals surface area contributed by atoms with Gasteiger partial charge in [0, 0.05) is 29.6 Å². The highest BCUT2D eigenvalue weighted by atomic mass is 16.5. The van der Waals surface area contributed by atoms with E-state index < -0.39 is 0 Å². The average Bonchev–Trinajstić information content (AvgIpc) is 2.65. The first-order valence-electron chi connectivity index (χ1n) is 8.09. The lowest BCUT2D eigenvalue weighted by atomic mass is 10.2. The Labute approximate surface area is 151 Å². The lowest BCUT2D eigenvalue weighted by Crippen LogP contribution is -2.18.